The third kappa shape index (κ3) is 3.01. The molecule has 0 atom stereocenters. The molecule has 0 bridgehead atoms. The van der Waals surface area contributed by atoms with E-state index in [1.54, 1.807) is 18.2 Å². The Bertz CT molecular complexity index is 879. The molecular weight excluding hydrogens is 282 g/mol. The topological polar surface area (TPSA) is 87.0 Å². The fraction of sp³-hybridized carbons (Fsp3) is 0.125. The number of hydrogen-bond acceptors (Lipinski definition) is 3. The van der Waals surface area contributed by atoms with Crippen LogP contribution in [0.5, 0.6) is 5.75 Å². The number of aromatic nitrogens is 2. The standard InChI is InChI=1S/C16H15N3O3/c1-10-4-2-3-5-14(10)22-9-15(20)17-11-6-7-12-13(8-11)19-16(21)18-12/h2-8H,9H2,1H3,(H,17,20)(H2,18,19,21). The second-order valence-corrected chi connectivity index (χ2v) is 4.94. The zero-order valence-electron chi connectivity index (χ0n) is 12.0. The summed E-state index contributed by atoms with van der Waals surface area (Å²) in [6.07, 6.45) is 0. The number of nitrogens with one attached hydrogen (secondary N) is 3. The highest BCUT2D eigenvalue weighted by Crippen LogP contribution is 2.17. The van der Waals surface area contributed by atoms with Crippen molar-refractivity contribution in [3.63, 3.8) is 0 Å². The van der Waals surface area contributed by atoms with Crippen molar-refractivity contribution in [3.8, 4) is 5.75 Å². The average Bonchev–Trinajstić information content (AvgIpc) is 2.86. The van der Waals surface area contributed by atoms with Gasteiger partial charge in [0.1, 0.15) is 5.75 Å². The number of ether oxygens (including phenoxy) is 1. The molecule has 3 aromatic rings. The number of carbonyl (C=O) groups excluding carboxylic acids is 1. The molecule has 112 valence electrons. The van der Waals surface area contributed by atoms with Crippen molar-refractivity contribution in [2.45, 2.75) is 6.92 Å². The van der Waals surface area contributed by atoms with E-state index in [1.807, 2.05) is 31.2 Å². The van der Waals surface area contributed by atoms with Crippen LogP contribution in [0.25, 0.3) is 11.0 Å². The summed E-state index contributed by atoms with van der Waals surface area (Å²) in [6, 6.07) is 12.6. The molecule has 2 aromatic carbocycles. The van der Waals surface area contributed by atoms with Crippen molar-refractivity contribution < 1.29 is 9.53 Å². The van der Waals surface area contributed by atoms with Gasteiger partial charge in [0.05, 0.1) is 11.0 Å². The fourth-order valence-corrected chi connectivity index (χ4v) is 2.17. The van der Waals surface area contributed by atoms with E-state index >= 15 is 0 Å². The van der Waals surface area contributed by atoms with E-state index in [0.29, 0.717) is 22.5 Å². The molecule has 1 amide bonds. The first-order valence-corrected chi connectivity index (χ1v) is 6.82. The summed E-state index contributed by atoms with van der Waals surface area (Å²) in [5.74, 6) is 0.420. The molecule has 0 aliphatic carbocycles. The molecule has 0 aliphatic heterocycles. The predicted molar refractivity (Wildman–Crippen MR) is 84.2 cm³/mol. The summed E-state index contributed by atoms with van der Waals surface area (Å²) < 4.78 is 5.49. The molecule has 22 heavy (non-hydrogen) atoms. The highest BCUT2D eigenvalue weighted by Gasteiger charge is 2.06. The Kier molecular flexibility index (Phi) is 3.65. The summed E-state index contributed by atoms with van der Waals surface area (Å²) >= 11 is 0. The van der Waals surface area contributed by atoms with Gasteiger partial charge in [-0.15, -0.1) is 0 Å². The number of para-hydroxylation sites is 1. The van der Waals surface area contributed by atoms with E-state index in [-0.39, 0.29) is 18.2 Å². The van der Waals surface area contributed by atoms with Crippen molar-refractivity contribution >= 4 is 22.6 Å². The summed E-state index contributed by atoms with van der Waals surface area (Å²) in [4.78, 5) is 28.4. The van der Waals surface area contributed by atoms with Crippen LogP contribution in [0.1, 0.15) is 5.56 Å². The quantitative estimate of drug-likeness (QED) is 0.690. The Morgan fingerprint density at radius 1 is 1.14 bits per heavy atom. The first-order chi connectivity index (χ1) is 10.6. The van der Waals surface area contributed by atoms with Gasteiger partial charge in [-0.3, -0.25) is 4.79 Å². The van der Waals surface area contributed by atoms with Crippen LogP contribution in [-0.2, 0) is 4.79 Å². The van der Waals surface area contributed by atoms with E-state index < -0.39 is 0 Å². The van der Waals surface area contributed by atoms with E-state index in [0.717, 1.165) is 5.56 Å². The third-order valence-electron chi connectivity index (χ3n) is 3.25. The zero-order valence-corrected chi connectivity index (χ0v) is 12.0. The average molecular weight is 297 g/mol. The normalized spacial score (nSPS) is 10.6. The van der Waals surface area contributed by atoms with Gasteiger partial charge < -0.3 is 20.0 Å². The van der Waals surface area contributed by atoms with Gasteiger partial charge in [0, 0.05) is 5.69 Å². The van der Waals surface area contributed by atoms with Crippen molar-refractivity contribution in [2.24, 2.45) is 0 Å². The van der Waals surface area contributed by atoms with Gasteiger partial charge in [-0.2, -0.15) is 0 Å². The largest absolute Gasteiger partial charge is 0.483 e. The highest BCUT2D eigenvalue weighted by molar-refractivity contribution is 5.93. The molecular formula is C16H15N3O3. The van der Waals surface area contributed by atoms with Crippen LogP contribution in [0, 0.1) is 6.92 Å². The molecule has 0 saturated heterocycles. The lowest BCUT2D eigenvalue weighted by Crippen LogP contribution is -2.20. The van der Waals surface area contributed by atoms with Crippen LogP contribution in [0.15, 0.2) is 47.3 Å². The van der Waals surface area contributed by atoms with Crippen LogP contribution >= 0.6 is 0 Å². The van der Waals surface area contributed by atoms with Crippen molar-refractivity contribution in [1.29, 1.82) is 0 Å². The number of H-pyrrole nitrogens is 2. The molecule has 3 rings (SSSR count). The number of benzene rings is 2. The Morgan fingerprint density at radius 2 is 1.91 bits per heavy atom. The third-order valence-corrected chi connectivity index (χ3v) is 3.25. The second-order valence-electron chi connectivity index (χ2n) is 4.94. The van der Waals surface area contributed by atoms with Gasteiger partial charge in [0.15, 0.2) is 6.61 Å². The lowest BCUT2D eigenvalue weighted by atomic mass is 10.2. The number of anilines is 1. The predicted octanol–water partition coefficient (Wildman–Crippen LogP) is 2.18. The monoisotopic (exact) mass is 297 g/mol. The van der Waals surface area contributed by atoms with Crippen LogP contribution in [0.3, 0.4) is 0 Å². The fourth-order valence-electron chi connectivity index (χ4n) is 2.17. The first kappa shape index (κ1) is 13.9. The number of carbonyl (C=O) groups is 1. The van der Waals surface area contributed by atoms with Gasteiger partial charge in [0.25, 0.3) is 5.91 Å². The molecule has 0 radical (unpaired) electrons. The van der Waals surface area contributed by atoms with Gasteiger partial charge in [-0.25, -0.2) is 4.79 Å². The summed E-state index contributed by atoms with van der Waals surface area (Å²) in [6.45, 7) is 1.84. The Balaban J connectivity index is 1.65. The van der Waals surface area contributed by atoms with Gasteiger partial charge in [-0.05, 0) is 36.8 Å². The molecule has 0 saturated carbocycles. The lowest BCUT2D eigenvalue weighted by Gasteiger charge is -2.09. The minimum absolute atomic E-state index is 0.0768. The summed E-state index contributed by atoms with van der Waals surface area (Å²) in [5, 5.41) is 2.73. The number of aromatic amines is 2. The van der Waals surface area contributed by atoms with Crippen LogP contribution in [0.2, 0.25) is 0 Å². The van der Waals surface area contributed by atoms with Crippen molar-refractivity contribution in [2.75, 3.05) is 11.9 Å². The number of aryl methyl sites for hydroxylation is 1. The number of imidazole rings is 1. The number of rotatable bonds is 4. The Morgan fingerprint density at radius 3 is 2.73 bits per heavy atom. The van der Waals surface area contributed by atoms with Gasteiger partial charge >= 0.3 is 5.69 Å². The number of fused-ring (bicyclic) bond motifs is 1. The van der Waals surface area contributed by atoms with Crippen molar-refractivity contribution in [1.82, 2.24) is 9.97 Å². The zero-order chi connectivity index (χ0) is 15.5. The first-order valence-electron chi connectivity index (χ1n) is 6.82. The van der Waals surface area contributed by atoms with Crippen LogP contribution < -0.4 is 15.7 Å². The van der Waals surface area contributed by atoms with E-state index in [2.05, 4.69) is 15.3 Å². The molecule has 1 aromatic heterocycles. The van der Waals surface area contributed by atoms with Crippen LogP contribution in [0.4, 0.5) is 5.69 Å². The number of hydrogen-bond donors (Lipinski definition) is 3. The SMILES string of the molecule is Cc1ccccc1OCC(=O)Nc1ccc2[nH]c(=O)[nH]c2c1. The maximum Gasteiger partial charge on any atom is 0.323 e. The number of amides is 1. The van der Waals surface area contributed by atoms with Crippen LogP contribution in [-0.4, -0.2) is 22.5 Å². The van der Waals surface area contributed by atoms with Gasteiger partial charge in [-0.1, -0.05) is 18.2 Å². The van der Waals surface area contributed by atoms with Crippen molar-refractivity contribution in [3.05, 3.63) is 58.5 Å². The Hall–Kier alpha value is -3.02. The molecule has 6 heteroatoms. The molecule has 6 nitrogen and oxygen atoms in total. The molecule has 0 fully saturated rings. The minimum Gasteiger partial charge on any atom is -0.483 e. The molecule has 0 unspecified atom stereocenters. The molecule has 0 spiro atoms. The molecule has 0 aliphatic rings. The van der Waals surface area contributed by atoms with E-state index in [4.69, 9.17) is 4.74 Å². The maximum atomic E-state index is 11.9. The second kappa shape index (κ2) is 5.77. The summed E-state index contributed by atoms with van der Waals surface area (Å²) in [5.41, 5.74) is 2.63. The van der Waals surface area contributed by atoms with E-state index in [9.17, 15) is 9.59 Å². The minimum atomic E-state index is -0.277. The lowest BCUT2D eigenvalue weighted by molar-refractivity contribution is -0.118. The molecule has 3 N–H and O–H groups in total. The van der Waals surface area contributed by atoms with E-state index in [1.165, 1.54) is 0 Å². The highest BCUT2D eigenvalue weighted by atomic mass is 16.5. The van der Waals surface area contributed by atoms with Gasteiger partial charge in [0.2, 0.25) is 0 Å². The maximum absolute atomic E-state index is 11.9. The molecule has 1 heterocycles. The smallest absolute Gasteiger partial charge is 0.323 e. The summed E-state index contributed by atoms with van der Waals surface area (Å²) in [7, 11) is 0. The Labute approximate surface area is 126 Å².